The second-order valence-corrected chi connectivity index (χ2v) is 5.94. The van der Waals surface area contributed by atoms with Crippen molar-refractivity contribution in [3.63, 3.8) is 0 Å². The molecule has 0 aliphatic carbocycles. The van der Waals surface area contributed by atoms with Crippen LogP contribution in [0.2, 0.25) is 5.02 Å². The van der Waals surface area contributed by atoms with E-state index in [-0.39, 0.29) is 5.41 Å². The fourth-order valence-corrected chi connectivity index (χ4v) is 2.06. The standard InChI is InChI=1S/C15H16ClNO/c1-9-12(16)6-5-11-10(8-18)7-13(15(2,3)4)17-14(9)11/h5-8H,1-4H3. The normalized spacial score (nSPS) is 11.8. The Morgan fingerprint density at radius 2 is 1.94 bits per heavy atom. The van der Waals surface area contributed by atoms with Gasteiger partial charge in [0.2, 0.25) is 0 Å². The molecular weight excluding hydrogens is 246 g/mol. The summed E-state index contributed by atoms with van der Waals surface area (Å²) >= 11 is 6.12. The van der Waals surface area contributed by atoms with Crippen LogP contribution in [-0.2, 0) is 5.41 Å². The van der Waals surface area contributed by atoms with Crippen molar-refractivity contribution in [2.24, 2.45) is 0 Å². The number of hydrogen-bond acceptors (Lipinski definition) is 2. The van der Waals surface area contributed by atoms with E-state index in [1.54, 1.807) is 0 Å². The molecule has 2 rings (SSSR count). The Bertz CT molecular complexity index is 626. The number of aryl methyl sites for hydroxylation is 1. The van der Waals surface area contributed by atoms with Crippen molar-refractivity contribution in [1.29, 1.82) is 0 Å². The summed E-state index contributed by atoms with van der Waals surface area (Å²) in [6.45, 7) is 8.17. The molecule has 3 heteroatoms. The Morgan fingerprint density at radius 1 is 1.28 bits per heavy atom. The summed E-state index contributed by atoms with van der Waals surface area (Å²) in [6, 6.07) is 5.53. The Kier molecular flexibility index (Phi) is 3.16. The van der Waals surface area contributed by atoms with Crippen LogP contribution in [0.15, 0.2) is 18.2 Å². The molecule has 1 aromatic heterocycles. The van der Waals surface area contributed by atoms with Gasteiger partial charge in [-0.2, -0.15) is 0 Å². The minimum atomic E-state index is -0.0965. The molecule has 0 aliphatic rings. The Balaban J connectivity index is 2.89. The van der Waals surface area contributed by atoms with E-state index in [1.165, 1.54) is 0 Å². The van der Waals surface area contributed by atoms with Crippen LogP contribution in [0, 0.1) is 6.92 Å². The lowest BCUT2D eigenvalue weighted by Crippen LogP contribution is -2.14. The predicted octanol–water partition coefficient (Wildman–Crippen LogP) is 4.31. The van der Waals surface area contributed by atoms with E-state index < -0.39 is 0 Å². The highest BCUT2D eigenvalue weighted by molar-refractivity contribution is 6.32. The zero-order chi connectivity index (χ0) is 13.5. The number of nitrogens with zero attached hydrogens (tertiary/aromatic N) is 1. The van der Waals surface area contributed by atoms with Gasteiger partial charge in [-0.3, -0.25) is 9.78 Å². The maximum atomic E-state index is 11.2. The second-order valence-electron chi connectivity index (χ2n) is 5.53. The molecule has 1 aromatic carbocycles. The molecule has 0 atom stereocenters. The number of rotatable bonds is 1. The molecule has 0 fully saturated rings. The van der Waals surface area contributed by atoms with Gasteiger partial charge in [-0.15, -0.1) is 0 Å². The van der Waals surface area contributed by atoms with Crippen LogP contribution in [0.25, 0.3) is 10.9 Å². The topological polar surface area (TPSA) is 30.0 Å². The van der Waals surface area contributed by atoms with Crippen molar-refractivity contribution in [3.8, 4) is 0 Å². The minimum Gasteiger partial charge on any atom is -0.298 e. The first-order valence-corrected chi connectivity index (χ1v) is 6.28. The van der Waals surface area contributed by atoms with Gasteiger partial charge in [0.15, 0.2) is 6.29 Å². The first-order chi connectivity index (χ1) is 8.34. The van der Waals surface area contributed by atoms with Crippen LogP contribution >= 0.6 is 11.6 Å². The fraction of sp³-hybridized carbons (Fsp3) is 0.333. The Hall–Kier alpha value is -1.41. The van der Waals surface area contributed by atoms with Crippen LogP contribution in [0.5, 0.6) is 0 Å². The van der Waals surface area contributed by atoms with E-state index in [2.05, 4.69) is 25.8 Å². The average Bonchev–Trinajstić information content (AvgIpc) is 2.31. The third kappa shape index (κ3) is 2.13. The molecule has 2 aromatic rings. The summed E-state index contributed by atoms with van der Waals surface area (Å²) in [7, 11) is 0. The Morgan fingerprint density at radius 3 is 2.50 bits per heavy atom. The summed E-state index contributed by atoms with van der Waals surface area (Å²) in [6.07, 6.45) is 0.882. The van der Waals surface area contributed by atoms with Gasteiger partial charge in [0.25, 0.3) is 0 Å². The van der Waals surface area contributed by atoms with E-state index in [0.717, 1.165) is 28.4 Å². The maximum Gasteiger partial charge on any atom is 0.150 e. The number of hydrogen-bond donors (Lipinski definition) is 0. The van der Waals surface area contributed by atoms with Crippen LogP contribution in [0.1, 0.15) is 42.4 Å². The Labute approximate surface area is 112 Å². The van der Waals surface area contributed by atoms with Crippen molar-refractivity contribution < 1.29 is 4.79 Å². The van der Waals surface area contributed by atoms with Gasteiger partial charge in [0, 0.05) is 27.1 Å². The van der Waals surface area contributed by atoms with Gasteiger partial charge in [0.1, 0.15) is 0 Å². The van der Waals surface area contributed by atoms with Gasteiger partial charge in [-0.1, -0.05) is 38.4 Å². The number of benzene rings is 1. The molecule has 0 N–H and O–H groups in total. The van der Waals surface area contributed by atoms with Gasteiger partial charge in [-0.05, 0) is 24.6 Å². The van der Waals surface area contributed by atoms with Gasteiger partial charge in [0.05, 0.1) is 5.52 Å². The highest BCUT2D eigenvalue weighted by Gasteiger charge is 2.18. The van der Waals surface area contributed by atoms with Gasteiger partial charge in [-0.25, -0.2) is 0 Å². The largest absolute Gasteiger partial charge is 0.298 e. The second kappa shape index (κ2) is 4.36. The molecule has 18 heavy (non-hydrogen) atoms. The third-order valence-corrected chi connectivity index (χ3v) is 3.51. The highest BCUT2D eigenvalue weighted by Crippen LogP contribution is 2.29. The summed E-state index contributed by atoms with van der Waals surface area (Å²) in [5.74, 6) is 0. The molecule has 0 bridgehead atoms. The number of carbonyl (C=O) groups is 1. The maximum absolute atomic E-state index is 11.2. The molecule has 0 unspecified atom stereocenters. The molecule has 0 amide bonds. The highest BCUT2D eigenvalue weighted by atomic mass is 35.5. The van der Waals surface area contributed by atoms with E-state index in [9.17, 15) is 4.79 Å². The number of aldehydes is 1. The van der Waals surface area contributed by atoms with Crippen molar-refractivity contribution in [2.45, 2.75) is 33.1 Å². The van der Waals surface area contributed by atoms with E-state index in [1.807, 2.05) is 25.1 Å². The quantitative estimate of drug-likeness (QED) is 0.716. The summed E-state index contributed by atoms with van der Waals surface area (Å²) in [5.41, 5.74) is 3.22. The minimum absolute atomic E-state index is 0.0965. The lowest BCUT2D eigenvalue weighted by molar-refractivity contribution is 0.112. The zero-order valence-electron chi connectivity index (χ0n) is 11.0. The predicted molar refractivity (Wildman–Crippen MR) is 75.6 cm³/mol. The van der Waals surface area contributed by atoms with Crippen LogP contribution in [0.4, 0.5) is 0 Å². The number of pyridine rings is 1. The molecule has 0 saturated carbocycles. The molecule has 1 heterocycles. The molecule has 0 saturated heterocycles. The molecule has 0 aliphatic heterocycles. The SMILES string of the molecule is Cc1c(Cl)ccc2c(C=O)cc(C(C)(C)C)nc12. The number of halogens is 1. The summed E-state index contributed by atoms with van der Waals surface area (Å²) in [4.78, 5) is 15.9. The number of fused-ring (bicyclic) bond motifs is 1. The molecule has 2 nitrogen and oxygen atoms in total. The lowest BCUT2D eigenvalue weighted by atomic mass is 9.89. The first-order valence-electron chi connectivity index (χ1n) is 5.90. The molecule has 0 radical (unpaired) electrons. The lowest BCUT2D eigenvalue weighted by Gasteiger charge is -2.19. The van der Waals surface area contributed by atoms with E-state index in [0.29, 0.717) is 10.6 Å². The van der Waals surface area contributed by atoms with Crippen LogP contribution in [-0.4, -0.2) is 11.3 Å². The van der Waals surface area contributed by atoms with E-state index >= 15 is 0 Å². The molecule has 0 spiro atoms. The summed E-state index contributed by atoms with van der Waals surface area (Å²) < 4.78 is 0. The number of aromatic nitrogens is 1. The van der Waals surface area contributed by atoms with Crippen molar-refractivity contribution in [1.82, 2.24) is 4.98 Å². The van der Waals surface area contributed by atoms with Crippen molar-refractivity contribution in [3.05, 3.63) is 40.0 Å². The average molecular weight is 262 g/mol. The van der Waals surface area contributed by atoms with E-state index in [4.69, 9.17) is 11.6 Å². The van der Waals surface area contributed by atoms with Gasteiger partial charge >= 0.3 is 0 Å². The molecule has 94 valence electrons. The zero-order valence-corrected chi connectivity index (χ0v) is 11.8. The van der Waals surface area contributed by atoms with Crippen LogP contribution in [0.3, 0.4) is 0 Å². The number of carbonyl (C=O) groups excluding carboxylic acids is 1. The molecular formula is C15H16ClNO. The smallest absolute Gasteiger partial charge is 0.150 e. The fourth-order valence-electron chi connectivity index (χ4n) is 1.91. The monoisotopic (exact) mass is 261 g/mol. The van der Waals surface area contributed by atoms with Crippen molar-refractivity contribution in [2.75, 3.05) is 0 Å². The van der Waals surface area contributed by atoms with Crippen LogP contribution < -0.4 is 0 Å². The third-order valence-electron chi connectivity index (χ3n) is 3.10. The van der Waals surface area contributed by atoms with Gasteiger partial charge < -0.3 is 0 Å². The van der Waals surface area contributed by atoms with Crippen molar-refractivity contribution >= 4 is 28.8 Å². The first kappa shape index (κ1) is 13.0. The summed E-state index contributed by atoms with van der Waals surface area (Å²) in [5, 5.41) is 1.54.